The number of fused-ring (bicyclic) bond motifs is 1. The van der Waals surface area contributed by atoms with Gasteiger partial charge in [-0.25, -0.2) is 4.98 Å². The molecule has 1 aliphatic carbocycles. The highest BCUT2D eigenvalue weighted by Crippen LogP contribution is 2.34. The minimum Gasteiger partial charge on any atom is -0.481 e. The minimum atomic E-state index is -0.872. The lowest BCUT2D eigenvalue weighted by Crippen LogP contribution is -2.55. The SMILES string of the molecule is O=C(O)CC1(NC(=O)Cn2cnc3ccccc32)CCC1. The fourth-order valence-corrected chi connectivity index (χ4v) is 2.87. The number of carboxylic acids is 1. The Morgan fingerprint density at radius 3 is 2.76 bits per heavy atom. The Morgan fingerprint density at radius 2 is 2.10 bits per heavy atom. The second-order valence-corrected chi connectivity index (χ2v) is 5.61. The Kier molecular flexibility index (Phi) is 3.37. The normalized spacial score (nSPS) is 16.4. The van der Waals surface area contributed by atoms with Crippen LogP contribution in [0.5, 0.6) is 0 Å². The smallest absolute Gasteiger partial charge is 0.305 e. The molecule has 0 bridgehead atoms. The Hall–Kier alpha value is -2.37. The van der Waals surface area contributed by atoms with E-state index in [0.717, 1.165) is 30.3 Å². The summed E-state index contributed by atoms with van der Waals surface area (Å²) in [6.07, 6.45) is 4.05. The molecule has 1 aromatic heterocycles. The first-order valence-electron chi connectivity index (χ1n) is 7.01. The molecule has 110 valence electrons. The lowest BCUT2D eigenvalue weighted by atomic mass is 9.74. The van der Waals surface area contributed by atoms with Crippen molar-refractivity contribution in [3.8, 4) is 0 Å². The maximum atomic E-state index is 12.2. The molecule has 1 fully saturated rings. The van der Waals surface area contributed by atoms with Crippen molar-refractivity contribution in [2.75, 3.05) is 0 Å². The van der Waals surface area contributed by atoms with E-state index in [0.29, 0.717) is 0 Å². The summed E-state index contributed by atoms with van der Waals surface area (Å²) < 4.78 is 1.78. The highest BCUT2D eigenvalue weighted by atomic mass is 16.4. The average molecular weight is 287 g/mol. The van der Waals surface area contributed by atoms with E-state index in [-0.39, 0.29) is 18.9 Å². The molecule has 0 radical (unpaired) electrons. The third-order valence-electron chi connectivity index (χ3n) is 4.05. The average Bonchev–Trinajstić information content (AvgIpc) is 2.79. The van der Waals surface area contributed by atoms with Gasteiger partial charge in [-0.05, 0) is 31.4 Å². The maximum Gasteiger partial charge on any atom is 0.305 e. The van der Waals surface area contributed by atoms with Crippen LogP contribution in [-0.2, 0) is 16.1 Å². The molecule has 0 saturated heterocycles. The Labute approximate surface area is 121 Å². The molecule has 1 heterocycles. The van der Waals surface area contributed by atoms with Crippen LogP contribution in [0.3, 0.4) is 0 Å². The van der Waals surface area contributed by atoms with E-state index >= 15 is 0 Å². The van der Waals surface area contributed by atoms with E-state index in [1.807, 2.05) is 24.3 Å². The lowest BCUT2D eigenvalue weighted by molar-refractivity contribution is -0.140. The predicted molar refractivity (Wildman–Crippen MR) is 76.7 cm³/mol. The number of carboxylic acid groups (broad SMARTS) is 1. The highest BCUT2D eigenvalue weighted by molar-refractivity contribution is 5.81. The fraction of sp³-hybridized carbons (Fsp3) is 0.400. The maximum absolute atomic E-state index is 12.2. The fourth-order valence-electron chi connectivity index (χ4n) is 2.87. The van der Waals surface area contributed by atoms with Crippen LogP contribution in [0.4, 0.5) is 0 Å². The van der Waals surface area contributed by atoms with Gasteiger partial charge in [0.2, 0.25) is 5.91 Å². The zero-order valence-electron chi connectivity index (χ0n) is 11.6. The van der Waals surface area contributed by atoms with Crippen LogP contribution in [0.15, 0.2) is 30.6 Å². The van der Waals surface area contributed by atoms with E-state index in [9.17, 15) is 9.59 Å². The number of rotatable bonds is 5. The van der Waals surface area contributed by atoms with Crippen LogP contribution in [-0.4, -0.2) is 32.1 Å². The minimum absolute atomic E-state index is 0.0105. The first-order valence-corrected chi connectivity index (χ1v) is 7.01. The quantitative estimate of drug-likeness (QED) is 0.874. The van der Waals surface area contributed by atoms with Gasteiger partial charge in [-0.3, -0.25) is 9.59 Å². The molecule has 2 N–H and O–H groups in total. The van der Waals surface area contributed by atoms with Gasteiger partial charge < -0.3 is 15.0 Å². The van der Waals surface area contributed by atoms with Crippen molar-refractivity contribution in [1.82, 2.24) is 14.9 Å². The first kappa shape index (κ1) is 13.6. The molecule has 1 amide bonds. The van der Waals surface area contributed by atoms with Crippen molar-refractivity contribution in [2.24, 2.45) is 0 Å². The molecule has 0 aliphatic heterocycles. The predicted octanol–water partition coefficient (Wildman–Crippen LogP) is 1.55. The number of carbonyl (C=O) groups is 2. The van der Waals surface area contributed by atoms with Crippen LogP contribution in [0, 0.1) is 0 Å². The number of aromatic nitrogens is 2. The Balaban J connectivity index is 1.70. The monoisotopic (exact) mass is 287 g/mol. The number of amides is 1. The summed E-state index contributed by atoms with van der Waals surface area (Å²) in [5.41, 5.74) is 1.18. The second-order valence-electron chi connectivity index (χ2n) is 5.61. The van der Waals surface area contributed by atoms with Gasteiger partial charge in [0.1, 0.15) is 6.54 Å². The van der Waals surface area contributed by atoms with Crippen LogP contribution in [0.1, 0.15) is 25.7 Å². The molecule has 1 saturated carbocycles. The molecule has 0 atom stereocenters. The van der Waals surface area contributed by atoms with Gasteiger partial charge in [-0.15, -0.1) is 0 Å². The van der Waals surface area contributed by atoms with Gasteiger partial charge >= 0.3 is 5.97 Å². The first-order chi connectivity index (χ1) is 10.1. The molecule has 6 heteroatoms. The number of carbonyl (C=O) groups excluding carboxylic acids is 1. The van der Waals surface area contributed by atoms with Crippen LogP contribution >= 0.6 is 0 Å². The molecule has 1 aliphatic rings. The van der Waals surface area contributed by atoms with E-state index in [2.05, 4.69) is 10.3 Å². The standard InChI is InChI=1S/C15H17N3O3/c19-13(17-15(6-3-7-15)8-14(20)21)9-18-10-16-11-4-1-2-5-12(11)18/h1-2,4-5,10H,3,6-9H2,(H,17,19)(H,20,21). The number of nitrogens with zero attached hydrogens (tertiary/aromatic N) is 2. The lowest BCUT2D eigenvalue weighted by Gasteiger charge is -2.41. The molecular formula is C15H17N3O3. The van der Waals surface area contributed by atoms with Crippen molar-refractivity contribution < 1.29 is 14.7 Å². The zero-order valence-corrected chi connectivity index (χ0v) is 11.6. The van der Waals surface area contributed by atoms with Gasteiger partial charge in [0.15, 0.2) is 0 Å². The molecule has 0 unspecified atom stereocenters. The number of imidazole rings is 1. The van der Waals surface area contributed by atoms with Crippen molar-refractivity contribution >= 4 is 22.9 Å². The summed E-state index contributed by atoms with van der Waals surface area (Å²) in [6.45, 7) is 0.155. The van der Waals surface area contributed by atoms with Crippen LogP contribution in [0.25, 0.3) is 11.0 Å². The zero-order chi connectivity index (χ0) is 14.9. The summed E-state index contributed by atoms with van der Waals surface area (Å²) in [5.74, 6) is -1.04. The largest absolute Gasteiger partial charge is 0.481 e. The van der Waals surface area contributed by atoms with E-state index in [4.69, 9.17) is 5.11 Å². The van der Waals surface area contributed by atoms with Gasteiger partial charge in [0.05, 0.1) is 29.3 Å². The molecule has 2 aromatic rings. The third-order valence-corrected chi connectivity index (χ3v) is 4.05. The summed E-state index contributed by atoms with van der Waals surface area (Å²) in [6, 6.07) is 7.60. The van der Waals surface area contributed by atoms with Gasteiger partial charge in [0.25, 0.3) is 0 Å². The summed E-state index contributed by atoms with van der Waals surface area (Å²) in [4.78, 5) is 27.3. The topological polar surface area (TPSA) is 84.2 Å². The highest BCUT2D eigenvalue weighted by Gasteiger charge is 2.40. The summed E-state index contributed by atoms with van der Waals surface area (Å²) in [5, 5.41) is 11.9. The van der Waals surface area contributed by atoms with Gasteiger partial charge in [-0.2, -0.15) is 0 Å². The molecule has 6 nitrogen and oxygen atoms in total. The number of hydrogen-bond acceptors (Lipinski definition) is 3. The summed E-state index contributed by atoms with van der Waals surface area (Å²) >= 11 is 0. The van der Waals surface area contributed by atoms with E-state index in [1.165, 1.54) is 0 Å². The van der Waals surface area contributed by atoms with Crippen molar-refractivity contribution in [2.45, 2.75) is 37.8 Å². The van der Waals surface area contributed by atoms with Crippen molar-refractivity contribution in [1.29, 1.82) is 0 Å². The van der Waals surface area contributed by atoms with Gasteiger partial charge in [0, 0.05) is 0 Å². The number of aliphatic carboxylic acids is 1. The van der Waals surface area contributed by atoms with Crippen LogP contribution in [0.2, 0.25) is 0 Å². The third kappa shape index (κ3) is 2.74. The number of hydrogen-bond donors (Lipinski definition) is 2. The molecule has 3 rings (SSSR count). The van der Waals surface area contributed by atoms with Crippen LogP contribution < -0.4 is 5.32 Å². The van der Waals surface area contributed by atoms with E-state index in [1.54, 1.807) is 10.9 Å². The molecule has 1 aromatic carbocycles. The Morgan fingerprint density at radius 1 is 1.33 bits per heavy atom. The molecule has 0 spiro atoms. The molecule has 21 heavy (non-hydrogen) atoms. The number of para-hydroxylation sites is 2. The van der Waals surface area contributed by atoms with E-state index < -0.39 is 11.5 Å². The summed E-state index contributed by atoms with van der Waals surface area (Å²) in [7, 11) is 0. The van der Waals surface area contributed by atoms with Crippen molar-refractivity contribution in [3.05, 3.63) is 30.6 Å². The number of nitrogens with one attached hydrogen (secondary N) is 1. The molecular weight excluding hydrogens is 270 g/mol. The second kappa shape index (κ2) is 5.20. The number of benzene rings is 1. The Bertz CT molecular complexity index is 688. The van der Waals surface area contributed by atoms with Crippen molar-refractivity contribution in [3.63, 3.8) is 0 Å². The van der Waals surface area contributed by atoms with Gasteiger partial charge in [-0.1, -0.05) is 12.1 Å².